The van der Waals surface area contributed by atoms with Gasteiger partial charge >= 0.3 is 0 Å². The third kappa shape index (κ3) is 8.68. The van der Waals surface area contributed by atoms with Gasteiger partial charge in [0, 0.05) is 32.8 Å². The van der Waals surface area contributed by atoms with Crippen LogP contribution < -0.4 is 0 Å². The van der Waals surface area contributed by atoms with Crippen molar-refractivity contribution in [3.05, 3.63) is 24.2 Å². The summed E-state index contributed by atoms with van der Waals surface area (Å²) < 4.78 is 44.1. The lowest BCUT2D eigenvalue weighted by molar-refractivity contribution is -0.134. The highest BCUT2D eigenvalue weighted by atomic mass is 32.2. The average molecular weight is 486 g/mol. The van der Waals surface area contributed by atoms with Crippen molar-refractivity contribution >= 4 is 15.9 Å². The molecule has 9 nitrogen and oxygen atoms in total. The molecule has 33 heavy (non-hydrogen) atoms. The molecular formula is C23H39N3O6S. The van der Waals surface area contributed by atoms with Gasteiger partial charge in [-0.2, -0.15) is 4.31 Å². The first kappa shape index (κ1) is 26.2. The van der Waals surface area contributed by atoms with Crippen LogP contribution in [0.3, 0.4) is 0 Å². The van der Waals surface area contributed by atoms with Gasteiger partial charge in [-0.05, 0) is 44.4 Å². The van der Waals surface area contributed by atoms with Crippen molar-refractivity contribution in [2.45, 2.75) is 51.7 Å². The molecule has 0 bridgehead atoms. The van der Waals surface area contributed by atoms with E-state index in [4.69, 9.17) is 13.9 Å². The molecule has 188 valence electrons. The van der Waals surface area contributed by atoms with Crippen molar-refractivity contribution in [2.75, 3.05) is 64.8 Å². The Morgan fingerprint density at radius 3 is 2.70 bits per heavy atom. The Bertz CT molecular complexity index is 789. The highest BCUT2D eigenvalue weighted by Crippen LogP contribution is 2.17. The Hall–Kier alpha value is -1.46. The summed E-state index contributed by atoms with van der Waals surface area (Å²) in [6.07, 6.45) is 5.50. The first-order valence-electron chi connectivity index (χ1n) is 12.2. The number of carbonyl (C=O) groups excluding carboxylic acids is 1. The number of sulfonamides is 1. The number of unbranched alkanes of at least 4 members (excludes halogenated alkanes) is 1. The topological polar surface area (TPSA) is 92.5 Å². The van der Waals surface area contributed by atoms with Crippen LogP contribution in [0.1, 0.15) is 44.8 Å². The molecule has 1 aromatic heterocycles. The van der Waals surface area contributed by atoms with Crippen LogP contribution in [-0.2, 0) is 30.8 Å². The van der Waals surface area contributed by atoms with Gasteiger partial charge in [0.1, 0.15) is 5.76 Å². The third-order valence-electron chi connectivity index (χ3n) is 6.17. The van der Waals surface area contributed by atoms with Gasteiger partial charge < -0.3 is 18.8 Å². The highest BCUT2D eigenvalue weighted by molar-refractivity contribution is 7.89. The molecule has 0 spiro atoms. The molecule has 1 atom stereocenters. The fourth-order valence-electron chi connectivity index (χ4n) is 4.20. The fourth-order valence-corrected chi connectivity index (χ4v) is 5.82. The number of hydrogen-bond acceptors (Lipinski definition) is 7. The van der Waals surface area contributed by atoms with E-state index < -0.39 is 10.0 Å². The molecule has 10 heteroatoms. The van der Waals surface area contributed by atoms with E-state index in [1.807, 2.05) is 13.0 Å². The Balaban J connectivity index is 1.64. The SMILES string of the molecule is CCCCS(=O)(=O)N(CCCN1CCOCC1)CC(=O)N(Cc1ccco1)CC1CCCO1. The van der Waals surface area contributed by atoms with Gasteiger partial charge in [0.15, 0.2) is 0 Å². The van der Waals surface area contributed by atoms with Crippen LogP contribution in [0.4, 0.5) is 0 Å². The Kier molecular flexibility index (Phi) is 10.6. The number of morpholine rings is 1. The molecule has 2 aliphatic heterocycles. The zero-order valence-corrected chi connectivity index (χ0v) is 20.6. The minimum atomic E-state index is -3.52. The monoisotopic (exact) mass is 485 g/mol. The maximum Gasteiger partial charge on any atom is 0.238 e. The van der Waals surface area contributed by atoms with Crippen molar-refractivity contribution in [1.29, 1.82) is 0 Å². The van der Waals surface area contributed by atoms with Crippen LogP contribution >= 0.6 is 0 Å². The van der Waals surface area contributed by atoms with Crippen LogP contribution in [0.15, 0.2) is 22.8 Å². The Morgan fingerprint density at radius 2 is 2.03 bits per heavy atom. The molecule has 1 amide bonds. The molecule has 1 unspecified atom stereocenters. The molecule has 1 aromatic rings. The maximum atomic E-state index is 13.3. The molecular weight excluding hydrogens is 446 g/mol. The summed E-state index contributed by atoms with van der Waals surface area (Å²) in [6.45, 7) is 7.54. The van der Waals surface area contributed by atoms with E-state index in [-0.39, 0.29) is 24.3 Å². The van der Waals surface area contributed by atoms with E-state index in [0.717, 1.165) is 38.9 Å². The van der Waals surface area contributed by atoms with E-state index in [9.17, 15) is 13.2 Å². The van der Waals surface area contributed by atoms with E-state index in [1.54, 1.807) is 17.2 Å². The number of nitrogens with zero attached hydrogens (tertiary/aromatic N) is 3. The number of carbonyl (C=O) groups is 1. The molecule has 0 N–H and O–H groups in total. The number of rotatable bonds is 14. The van der Waals surface area contributed by atoms with Crippen molar-refractivity contribution < 1.29 is 27.1 Å². The van der Waals surface area contributed by atoms with Crippen LogP contribution in [0, 0.1) is 0 Å². The summed E-state index contributed by atoms with van der Waals surface area (Å²) in [7, 11) is -3.52. The third-order valence-corrected chi connectivity index (χ3v) is 8.08. The van der Waals surface area contributed by atoms with Crippen LogP contribution in [-0.4, -0.2) is 99.4 Å². The summed E-state index contributed by atoms with van der Waals surface area (Å²) in [6, 6.07) is 3.62. The zero-order chi connectivity index (χ0) is 23.5. The van der Waals surface area contributed by atoms with E-state index in [0.29, 0.717) is 58.1 Å². The molecule has 3 heterocycles. The fraction of sp³-hybridized carbons (Fsp3) is 0.783. The molecule has 0 aliphatic carbocycles. The predicted octanol–water partition coefficient (Wildman–Crippen LogP) is 1.94. The first-order chi connectivity index (χ1) is 16.0. The molecule has 3 rings (SSSR count). The second-order valence-corrected chi connectivity index (χ2v) is 10.9. The number of amides is 1. The quantitative estimate of drug-likeness (QED) is 0.398. The highest BCUT2D eigenvalue weighted by Gasteiger charge is 2.29. The van der Waals surface area contributed by atoms with Gasteiger partial charge in [-0.25, -0.2) is 8.42 Å². The summed E-state index contributed by atoms with van der Waals surface area (Å²) in [4.78, 5) is 17.3. The van der Waals surface area contributed by atoms with Crippen LogP contribution in [0.25, 0.3) is 0 Å². The van der Waals surface area contributed by atoms with Crippen molar-refractivity contribution in [2.24, 2.45) is 0 Å². The van der Waals surface area contributed by atoms with E-state index >= 15 is 0 Å². The van der Waals surface area contributed by atoms with Crippen molar-refractivity contribution in [3.63, 3.8) is 0 Å². The summed E-state index contributed by atoms with van der Waals surface area (Å²) in [5, 5.41) is 0. The van der Waals surface area contributed by atoms with Gasteiger partial charge in [0.05, 0.1) is 44.4 Å². The minimum Gasteiger partial charge on any atom is -0.467 e. The van der Waals surface area contributed by atoms with Gasteiger partial charge in [0.2, 0.25) is 15.9 Å². The average Bonchev–Trinajstić information content (AvgIpc) is 3.52. The normalized spacial score (nSPS) is 19.9. The van der Waals surface area contributed by atoms with Gasteiger partial charge in [-0.15, -0.1) is 0 Å². The number of hydrogen-bond donors (Lipinski definition) is 0. The lowest BCUT2D eigenvalue weighted by Crippen LogP contribution is -2.46. The maximum absolute atomic E-state index is 13.3. The Labute approximate surface area is 198 Å². The van der Waals surface area contributed by atoms with E-state index in [2.05, 4.69) is 4.90 Å². The molecule has 0 saturated carbocycles. The Morgan fingerprint density at radius 1 is 1.21 bits per heavy atom. The second kappa shape index (κ2) is 13.4. The lowest BCUT2D eigenvalue weighted by atomic mass is 10.2. The molecule has 0 radical (unpaired) electrons. The predicted molar refractivity (Wildman–Crippen MR) is 125 cm³/mol. The largest absolute Gasteiger partial charge is 0.467 e. The molecule has 2 saturated heterocycles. The number of furan rings is 1. The smallest absolute Gasteiger partial charge is 0.238 e. The molecule has 2 fully saturated rings. The van der Waals surface area contributed by atoms with Crippen molar-refractivity contribution in [1.82, 2.24) is 14.1 Å². The lowest BCUT2D eigenvalue weighted by Gasteiger charge is -2.30. The van der Waals surface area contributed by atoms with Gasteiger partial charge in [-0.1, -0.05) is 13.3 Å². The summed E-state index contributed by atoms with van der Waals surface area (Å²) >= 11 is 0. The van der Waals surface area contributed by atoms with Crippen LogP contribution in [0.2, 0.25) is 0 Å². The van der Waals surface area contributed by atoms with Gasteiger partial charge in [0.25, 0.3) is 0 Å². The zero-order valence-electron chi connectivity index (χ0n) is 19.8. The van der Waals surface area contributed by atoms with Crippen LogP contribution in [0.5, 0.6) is 0 Å². The second-order valence-electron chi connectivity index (χ2n) is 8.80. The summed E-state index contributed by atoms with van der Waals surface area (Å²) in [5.74, 6) is 0.528. The standard InChI is InChI=1S/C23H39N3O6S/c1-2-3-17-33(28,29)26(10-6-9-24-11-15-30-16-12-24)20-23(27)25(18-21-7-4-13-31-21)19-22-8-5-14-32-22/h4,7,13,22H,2-3,5-6,8-12,14-20H2,1H3. The minimum absolute atomic E-state index is 0.0182. The van der Waals surface area contributed by atoms with Gasteiger partial charge in [-0.3, -0.25) is 9.69 Å². The van der Waals surface area contributed by atoms with E-state index in [1.165, 1.54) is 4.31 Å². The van der Waals surface area contributed by atoms with Crippen molar-refractivity contribution in [3.8, 4) is 0 Å². The first-order valence-corrected chi connectivity index (χ1v) is 13.8. The number of ether oxygens (including phenoxy) is 2. The molecule has 0 aromatic carbocycles. The summed E-state index contributed by atoms with van der Waals surface area (Å²) in [5.41, 5.74) is 0. The molecule has 2 aliphatic rings.